The minimum atomic E-state index is -0.164. The fourth-order valence-corrected chi connectivity index (χ4v) is 5.24. The van der Waals surface area contributed by atoms with Gasteiger partial charge in [-0.1, -0.05) is 75.2 Å². The van der Waals surface area contributed by atoms with Crippen molar-refractivity contribution in [2.75, 3.05) is 13.1 Å². The van der Waals surface area contributed by atoms with E-state index in [9.17, 15) is 4.79 Å². The van der Waals surface area contributed by atoms with Gasteiger partial charge in [0.2, 0.25) is 17.6 Å². The van der Waals surface area contributed by atoms with Gasteiger partial charge in [0.25, 0.3) is 0 Å². The van der Waals surface area contributed by atoms with Crippen LogP contribution in [-0.2, 0) is 11.3 Å². The van der Waals surface area contributed by atoms with Crippen molar-refractivity contribution in [3.8, 4) is 11.4 Å². The maximum absolute atomic E-state index is 13.4. The molecule has 1 aliphatic heterocycles. The summed E-state index contributed by atoms with van der Waals surface area (Å²) >= 11 is 3.45. The van der Waals surface area contributed by atoms with Crippen LogP contribution in [0.15, 0.2) is 81.8 Å². The molecule has 37 heavy (non-hydrogen) atoms. The van der Waals surface area contributed by atoms with Crippen LogP contribution in [0.3, 0.4) is 0 Å². The number of piperidine rings is 1. The predicted molar refractivity (Wildman–Crippen MR) is 148 cm³/mol. The average molecular weight is 560 g/mol. The summed E-state index contributed by atoms with van der Waals surface area (Å²) in [7, 11) is 0. The molecule has 3 aromatic carbocycles. The van der Waals surface area contributed by atoms with E-state index in [2.05, 4.69) is 80.5 Å². The summed E-state index contributed by atoms with van der Waals surface area (Å²) in [5.41, 5.74) is 5.56. The molecular weight excluding hydrogens is 528 g/mol. The highest BCUT2D eigenvalue weighted by atomic mass is 79.9. The lowest BCUT2D eigenvalue weighted by Crippen LogP contribution is -2.41. The highest BCUT2D eigenvalue weighted by Crippen LogP contribution is 2.28. The fraction of sp³-hybridized carbons (Fsp3) is 0.300. The second-order valence-electron chi connectivity index (χ2n) is 9.78. The smallest absolute Gasteiger partial charge is 0.241 e. The van der Waals surface area contributed by atoms with Crippen LogP contribution < -0.4 is 5.32 Å². The van der Waals surface area contributed by atoms with Crippen molar-refractivity contribution < 1.29 is 9.32 Å². The molecule has 1 aliphatic rings. The fourth-order valence-electron chi connectivity index (χ4n) is 4.98. The Balaban J connectivity index is 1.20. The number of rotatable bonds is 7. The van der Waals surface area contributed by atoms with Gasteiger partial charge >= 0.3 is 0 Å². The van der Waals surface area contributed by atoms with Gasteiger partial charge in [-0.15, -0.1) is 0 Å². The van der Waals surface area contributed by atoms with Gasteiger partial charge in [0.05, 0.1) is 12.6 Å². The van der Waals surface area contributed by atoms with Gasteiger partial charge in [0.15, 0.2) is 0 Å². The Morgan fingerprint density at radius 2 is 1.78 bits per heavy atom. The van der Waals surface area contributed by atoms with Crippen LogP contribution in [0.4, 0.5) is 0 Å². The zero-order valence-electron chi connectivity index (χ0n) is 21.2. The van der Waals surface area contributed by atoms with Crippen LogP contribution in [0, 0.1) is 19.8 Å². The van der Waals surface area contributed by atoms with Gasteiger partial charge in [0, 0.05) is 16.0 Å². The standard InChI is InChI=1S/C30H31BrN4O2/c1-20-8-13-26(21(2)18-20)28(22-6-4-3-5-7-22)33-30(36)24-14-16-35(17-15-24)19-27-32-29(34-37-27)23-9-11-25(31)12-10-23/h3-13,18,24,28H,14-17,19H2,1-2H3,(H,33,36). The summed E-state index contributed by atoms with van der Waals surface area (Å²) < 4.78 is 6.51. The quantitative estimate of drug-likeness (QED) is 0.291. The molecule has 0 aliphatic carbocycles. The van der Waals surface area contributed by atoms with E-state index in [0.29, 0.717) is 18.3 Å². The third-order valence-electron chi connectivity index (χ3n) is 7.04. The molecule has 0 bridgehead atoms. The molecule has 2 heterocycles. The van der Waals surface area contributed by atoms with Crippen molar-refractivity contribution in [3.63, 3.8) is 0 Å². The number of aryl methyl sites for hydroxylation is 2. The Bertz CT molecular complexity index is 1350. The maximum atomic E-state index is 13.4. The van der Waals surface area contributed by atoms with Crippen molar-refractivity contribution in [1.29, 1.82) is 0 Å². The van der Waals surface area contributed by atoms with Gasteiger partial charge < -0.3 is 9.84 Å². The molecule has 4 aromatic rings. The monoisotopic (exact) mass is 558 g/mol. The Hall–Kier alpha value is -3.29. The highest BCUT2D eigenvalue weighted by Gasteiger charge is 2.28. The van der Waals surface area contributed by atoms with E-state index in [0.717, 1.165) is 47.1 Å². The largest absolute Gasteiger partial charge is 0.345 e. The molecule has 0 radical (unpaired) electrons. The van der Waals surface area contributed by atoms with Crippen LogP contribution >= 0.6 is 15.9 Å². The molecule has 1 amide bonds. The second-order valence-corrected chi connectivity index (χ2v) is 10.7. The Kier molecular flexibility index (Phi) is 7.82. The number of nitrogens with zero attached hydrogens (tertiary/aromatic N) is 3. The minimum absolute atomic E-state index is 0.0192. The van der Waals surface area contributed by atoms with Crippen LogP contribution in [0.25, 0.3) is 11.4 Å². The summed E-state index contributed by atoms with van der Waals surface area (Å²) in [6.45, 7) is 6.42. The van der Waals surface area contributed by atoms with Crippen molar-refractivity contribution >= 4 is 21.8 Å². The lowest BCUT2D eigenvalue weighted by atomic mass is 9.91. The number of nitrogens with one attached hydrogen (secondary N) is 1. The summed E-state index contributed by atoms with van der Waals surface area (Å²) in [5.74, 6) is 1.29. The van der Waals surface area contributed by atoms with Crippen LogP contribution in [-0.4, -0.2) is 34.0 Å². The number of likely N-dealkylation sites (tertiary alicyclic amines) is 1. The Morgan fingerprint density at radius 1 is 1.05 bits per heavy atom. The van der Waals surface area contributed by atoms with Crippen molar-refractivity contribution in [3.05, 3.63) is 105 Å². The first-order valence-electron chi connectivity index (χ1n) is 12.7. The Morgan fingerprint density at radius 3 is 2.49 bits per heavy atom. The third-order valence-corrected chi connectivity index (χ3v) is 7.57. The van der Waals surface area contributed by atoms with E-state index < -0.39 is 0 Å². The zero-order valence-corrected chi connectivity index (χ0v) is 22.7. The number of aromatic nitrogens is 2. The first kappa shape index (κ1) is 25.4. The highest BCUT2D eigenvalue weighted by molar-refractivity contribution is 9.10. The van der Waals surface area contributed by atoms with E-state index in [-0.39, 0.29) is 17.9 Å². The van der Waals surface area contributed by atoms with Gasteiger partial charge in [0.1, 0.15) is 0 Å². The average Bonchev–Trinajstić information content (AvgIpc) is 3.37. The first-order valence-corrected chi connectivity index (χ1v) is 13.5. The van der Waals surface area contributed by atoms with Crippen LogP contribution in [0.1, 0.15) is 47.0 Å². The molecule has 190 valence electrons. The van der Waals surface area contributed by atoms with Crippen molar-refractivity contribution in [1.82, 2.24) is 20.4 Å². The van der Waals surface area contributed by atoms with Crippen molar-refractivity contribution in [2.24, 2.45) is 5.92 Å². The molecule has 1 unspecified atom stereocenters. The molecule has 7 heteroatoms. The van der Waals surface area contributed by atoms with Gasteiger partial charge in [-0.3, -0.25) is 9.69 Å². The number of carbonyl (C=O) groups is 1. The Labute approximate surface area is 226 Å². The second kappa shape index (κ2) is 11.4. The van der Waals surface area contributed by atoms with E-state index in [1.807, 2.05) is 42.5 Å². The minimum Gasteiger partial charge on any atom is -0.345 e. The molecule has 1 saturated heterocycles. The lowest BCUT2D eigenvalue weighted by Gasteiger charge is -2.31. The molecule has 1 fully saturated rings. The molecule has 0 saturated carbocycles. The molecule has 1 aromatic heterocycles. The maximum Gasteiger partial charge on any atom is 0.241 e. The number of hydrogen-bond donors (Lipinski definition) is 1. The molecule has 1 atom stereocenters. The molecule has 0 spiro atoms. The summed E-state index contributed by atoms with van der Waals surface area (Å²) in [6.07, 6.45) is 1.60. The molecule has 5 rings (SSSR count). The summed E-state index contributed by atoms with van der Waals surface area (Å²) in [6, 6.07) is 24.3. The normalized spacial score (nSPS) is 15.4. The number of halogens is 1. The SMILES string of the molecule is Cc1ccc(C(NC(=O)C2CCN(Cc3nc(-c4ccc(Br)cc4)no3)CC2)c2ccccc2)c(C)c1. The molecular formula is C30H31BrN4O2. The first-order chi connectivity index (χ1) is 18.0. The number of amides is 1. The van der Waals surface area contributed by atoms with Crippen LogP contribution in [0.5, 0.6) is 0 Å². The van der Waals surface area contributed by atoms with Crippen LogP contribution in [0.2, 0.25) is 0 Å². The molecule has 6 nitrogen and oxygen atoms in total. The van der Waals surface area contributed by atoms with E-state index in [4.69, 9.17) is 4.52 Å². The summed E-state index contributed by atoms with van der Waals surface area (Å²) in [4.78, 5) is 20.3. The van der Waals surface area contributed by atoms with E-state index in [1.54, 1.807) is 0 Å². The summed E-state index contributed by atoms with van der Waals surface area (Å²) in [5, 5.41) is 7.50. The number of benzene rings is 3. The van der Waals surface area contributed by atoms with E-state index >= 15 is 0 Å². The van der Waals surface area contributed by atoms with E-state index in [1.165, 1.54) is 11.1 Å². The van der Waals surface area contributed by atoms with Gasteiger partial charge in [-0.05, 0) is 80.7 Å². The molecule has 1 N–H and O–H groups in total. The number of carbonyl (C=O) groups excluding carboxylic acids is 1. The number of hydrogen-bond acceptors (Lipinski definition) is 5. The van der Waals surface area contributed by atoms with Crippen molar-refractivity contribution in [2.45, 2.75) is 39.3 Å². The van der Waals surface area contributed by atoms with Gasteiger partial charge in [-0.25, -0.2) is 0 Å². The lowest BCUT2D eigenvalue weighted by molar-refractivity contribution is -0.127. The zero-order chi connectivity index (χ0) is 25.8. The van der Waals surface area contributed by atoms with Gasteiger partial charge in [-0.2, -0.15) is 4.98 Å². The third kappa shape index (κ3) is 6.17. The predicted octanol–water partition coefficient (Wildman–Crippen LogP) is 6.23. The topological polar surface area (TPSA) is 71.3 Å².